The Kier molecular flexibility index (Phi) is 5.98. The van der Waals surface area contributed by atoms with Gasteiger partial charge >= 0.3 is 0 Å². The van der Waals surface area contributed by atoms with E-state index in [1.165, 1.54) is 16.6 Å². The summed E-state index contributed by atoms with van der Waals surface area (Å²) in [6.45, 7) is 1.75. The Balaban J connectivity index is 1.32. The van der Waals surface area contributed by atoms with E-state index >= 15 is 0 Å². The van der Waals surface area contributed by atoms with Crippen LogP contribution in [0.3, 0.4) is 0 Å². The topological polar surface area (TPSA) is 109 Å². The Morgan fingerprint density at radius 1 is 1.17 bits per heavy atom. The summed E-state index contributed by atoms with van der Waals surface area (Å²) < 4.78 is 33.6. The molecule has 158 valence electrons. The second kappa shape index (κ2) is 8.82. The summed E-state index contributed by atoms with van der Waals surface area (Å²) in [5.41, 5.74) is 2.02. The lowest BCUT2D eigenvalue weighted by Gasteiger charge is -2.25. The van der Waals surface area contributed by atoms with E-state index in [0.717, 1.165) is 11.4 Å². The van der Waals surface area contributed by atoms with E-state index in [9.17, 15) is 13.2 Å². The summed E-state index contributed by atoms with van der Waals surface area (Å²) in [6.07, 6.45) is 3.78. The van der Waals surface area contributed by atoms with Gasteiger partial charge in [-0.15, -0.1) is 0 Å². The minimum Gasteiger partial charge on any atom is -0.379 e. The number of carbonyl (C=O) groups is 1. The van der Waals surface area contributed by atoms with Gasteiger partial charge in [-0.05, 0) is 24.3 Å². The van der Waals surface area contributed by atoms with Crippen LogP contribution in [0.4, 0.5) is 0 Å². The molecular weight excluding hydrogens is 406 g/mol. The molecule has 0 atom stereocenters. The molecule has 0 saturated carbocycles. The van der Waals surface area contributed by atoms with Crippen molar-refractivity contribution < 1.29 is 17.9 Å². The standard InChI is InChI=1S/C20H23N5O4S/c26-20(19-14-18(15-22-19)30(27,28)24-10-12-29-13-11-24)21-8-6-16-7-9-25(23-16)17-4-2-1-3-5-17/h1-5,7,9,14-15,22H,6,8,10-13H2,(H,21,26). The zero-order chi connectivity index (χ0) is 21.0. The summed E-state index contributed by atoms with van der Waals surface area (Å²) >= 11 is 0. The van der Waals surface area contributed by atoms with Crippen molar-refractivity contribution in [3.8, 4) is 5.69 Å². The summed E-state index contributed by atoms with van der Waals surface area (Å²) in [7, 11) is -3.63. The van der Waals surface area contributed by atoms with E-state index in [2.05, 4.69) is 15.4 Å². The van der Waals surface area contributed by atoms with Crippen molar-refractivity contribution in [1.82, 2.24) is 24.4 Å². The molecule has 4 rings (SSSR count). The summed E-state index contributed by atoms with van der Waals surface area (Å²) in [6, 6.07) is 13.0. The molecule has 0 unspecified atom stereocenters. The van der Waals surface area contributed by atoms with Crippen LogP contribution in [0.1, 0.15) is 16.2 Å². The first-order valence-corrected chi connectivity index (χ1v) is 11.1. The highest BCUT2D eigenvalue weighted by molar-refractivity contribution is 7.89. The molecule has 1 amide bonds. The zero-order valence-corrected chi connectivity index (χ0v) is 17.1. The normalized spacial score (nSPS) is 15.2. The van der Waals surface area contributed by atoms with Crippen LogP contribution >= 0.6 is 0 Å². The van der Waals surface area contributed by atoms with Gasteiger partial charge in [0, 0.05) is 38.4 Å². The second-order valence-electron chi connectivity index (χ2n) is 6.86. The van der Waals surface area contributed by atoms with Crippen LogP contribution in [0.15, 0.2) is 59.8 Å². The van der Waals surface area contributed by atoms with Gasteiger partial charge in [0.15, 0.2) is 0 Å². The molecule has 3 heterocycles. The van der Waals surface area contributed by atoms with Gasteiger partial charge in [0.05, 0.1) is 24.6 Å². The number of sulfonamides is 1. The number of H-pyrrole nitrogens is 1. The maximum absolute atomic E-state index is 12.6. The Bertz CT molecular complexity index is 1100. The van der Waals surface area contributed by atoms with Crippen molar-refractivity contribution in [2.45, 2.75) is 11.3 Å². The van der Waals surface area contributed by atoms with Crippen LogP contribution in [0.5, 0.6) is 0 Å². The molecule has 9 nitrogen and oxygen atoms in total. The second-order valence-corrected chi connectivity index (χ2v) is 8.80. The smallest absolute Gasteiger partial charge is 0.267 e. The van der Waals surface area contributed by atoms with Gasteiger partial charge in [-0.1, -0.05) is 18.2 Å². The van der Waals surface area contributed by atoms with Crippen LogP contribution in [-0.4, -0.2) is 66.2 Å². The van der Waals surface area contributed by atoms with Gasteiger partial charge < -0.3 is 15.0 Å². The summed E-state index contributed by atoms with van der Waals surface area (Å²) in [4.78, 5) is 15.2. The average Bonchev–Trinajstić information content (AvgIpc) is 3.45. The highest BCUT2D eigenvalue weighted by Gasteiger charge is 2.27. The predicted octanol–water partition coefficient (Wildman–Crippen LogP) is 1.19. The number of nitrogens with zero attached hydrogens (tertiary/aromatic N) is 3. The molecule has 0 spiro atoms. The monoisotopic (exact) mass is 429 g/mol. The quantitative estimate of drug-likeness (QED) is 0.586. The fourth-order valence-corrected chi connectivity index (χ4v) is 4.61. The number of benzene rings is 1. The molecule has 0 bridgehead atoms. The molecule has 1 aromatic carbocycles. The van der Waals surface area contributed by atoms with Crippen LogP contribution in [0.2, 0.25) is 0 Å². The minimum atomic E-state index is -3.63. The molecule has 2 aromatic heterocycles. The largest absolute Gasteiger partial charge is 0.379 e. The molecule has 10 heteroatoms. The molecule has 3 aromatic rings. The Morgan fingerprint density at radius 2 is 1.93 bits per heavy atom. The van der Waals surface area contributed by atoms with Crippen molar-refractivity contribution >= 4 is 15.9 Å². The lowest BCUT2D eigenvalue weighted by atomic mass is 10.3. The van der Waals surface area contributed by atoms with Crippen molar-refractivity contribution in [2.24, 2.45) is 0 Å². The maximum atomic E-state index is 12.6. The van der Waals surface area contributed by atoms with E-state index in [-0.39, 0.29) is 16.5 Å². The number of amides is 1. The SMILES string of the molecule is O=C(NCCc1ccn(-c2ccccc2)n1)c1cc(S(=O)(=O)N2CCOCC2)c[nH]1. The van der Waals surface area contributed by atoms with E-state index in [0.29, 0.717) is 39.3 Å². The molecule has 1 aliphatic heterocycles. The molecule has 2 N–H and O–H groups in total. The Labute approximate surface area is 174 Å². The third kappa shape index (κ3) is 4.45. The van der Waals surface area contributed by atoms with Gasteiger partial charge in [-0.2, -0.15) is 9.40 Å². The molecular formula is C20H23N5O4S. The first-order chi connectivity index (χ1) is 14.5. The van der Waals surface area contributed by atoms with Crippen molar-refractivity contribution in [3.05, 3.63) is 66.2 Å². The number of aromatic amines is 1. The number of para-hydroxylation sites is 1. The summed E-state index contributed by atoms with van der Waals surface area (Å²) in [5, 5.41) is 7.29. The van der Waals surface area contributed by atoms with E-state index in [4.69, 9.17) is 4.74 Å². The van der Waals surface area contributed by atoms with E-state index in [1.807, 2.05) is 42.6 Å². The number of rotatable bonds is 7. The van der Waals surface area contributed by atoms with Crippen LogP contribution < -0.4 is 5.32 Å². The number of morpholine rings is 1. The van der Waals surface area contributed by atoms with E-state index in [1.54, 1.807) is 4.68 Å². The van der Waals surface area contributed by atoms with Gasteiger partial charge in [0.25, 0.3) is 5.91 Å². The first kappa shape index (κ1) is 20.3. The minimum absolute atomic E-state index is 0.0798. The Morgan fingerprint density at radius 3 is 2.70 bits per heavy atom. The zero-order valence-electron chi connectivity index (χ0n) is 16.3. The fraction of sp³-hybridized carbons (Fsp3) is 0.300. The average molecular weight is 430 g/mol. The fourth-order valence-electron chi connectivity index (χ4n) is 3.21. The lowest BCUT2D eigenvalue weighted by Crippen LogP contribution is -2.40. The number of carbonyl (C=O) groups excluding carboxylic acids is 1. The highest BCUT2D eigenvalue weighted by Crippen LogP contribution is 2.18. The van der Waals surface area contributed by atoms with Crippen molar-refractivity contribution in [2.75, 3.05) is 32.8 Å². The van der Waals surface area contributed by atoms with Crippen LogP contribution in [0.25, 0.3) is 5.69 Å². The third-order valence-corrected chi connectivity index (χ3v) is 6.72. The molecule has 1 fully saturated rings. The first-order valence-electron chi connectivity index (χ1n) is 9.68. The van der Waals surface area contributed by atoms with E-state index < -0.39 is 10.0 Å². The number of hydrogen-bond acceptors (Lipinski definition) is 5. The van der Waals surface area contributed by atoms with Gasteiger partial charge in [0.1, 0.15) is 10.6 Å². The summed E-state index contributed by atoms with van der Waals surface area (Å²) in [5.74, 6) is -0.360. The maximum Gasteiger partial charge on any atom is 0.267 e. The van der Waals surface area contributed by atoms with Crippen LogP contribution in [-0.2, 0) is 21.2 Å². The van der Waals surface area contributed by atoms with Gasteiger partial charge in [-0.3, -0.25) is 4.79 Å². The Hall–Kier alpha value is -2.95. The van der Waals surface area contributed by atoms with Crippen molar-refractivity contribution in [1.29, 1.82) is 0 Å². The number of hydrogen-bond donors (Lipinski definition) is 2. The lowest BCUT2D eigenvalue weighted by molar-refractivity contribution is 0.0730. The third-order valence-electron chi connectivity index (χ3n) is 4.84. The number of nitrogens with one attached hydrogen (secondary N) is 2. The molecule has 0 radical (unpaired) electrons. The number of aromatic nitrogens is 3. The van der Waals surface area contributed by atoms with Crippen molar-refractivity contribution in [3.63, 3.8) is 0 Å². The van der Waals surface area contributed by atoms with Gasteiger partial charge in [0.2, 0.25) is 10.0 Å². The molecule has 1 aliphatic rings. The molecule has 0 aliphatic carbocycles. The highest BCUT2D eigenvalue weighted by atomic mass is 32.2. The van der Waals surface area contributed by atoms with Crippen LogP contribution in [0, 0.1) is 0 Å². The number of ether oxygens (including phenoxy) is 1. The predicted molar refractivity (Wildman–Crippen MR) is 110 cm³/mol. The molecule has 30 heavy (non-hydrogen) atoms. The van der Waals surface area contributed by atoms with Gasteiger partial charge in [-0.25, -0.2) is 13.1 Å². The molecule has 1 saturated heterocycles.